The Hall–Kier alpha value is -3.10. The lowest BCUT2D eigenvalue weighted by molar-refractivity contribution is 0.102. The summed E-state index contributed by atoms with van der Waals surface area (Å²) in [5.74, 6) is -0.176. The lowest BCUT2D eigenvalue weighted by atomic mass is 10.0. The van der Waals surface area contributed by atoms with Gasteiger partial charge in [-0.05, 0) is 42.9 Å². The third-order valence-electron chi connectivity index (χ3n) is 4.39. The molecule has 1 aliphatic rings. The number of benzene rings is 2. The number of halogens is 1. The highest BCUT2D eigenvalue weighted by molar-refractivity contribution is 7.80. The van der Waals surface area contributed by atoms with Crippen LogP contribution in [0.5, 0.6) is 0 Å². The zero-order valence-corrected chi connectivity index (χ0v) is 15.2. The third kappa shape index (κ3) is 2.88. The topological polar surface area (TPSA) is 84.4 Å². The molecule has 3 aromatic rings. The molecule has 136 valence electrons. The van der Waals surface area contributed by atoms with E-state index >= 15 is 0 Å². The van der Waals surface area contributed by atoms with Crippen LogP contribution in [0.2, 0.25) is 0 Å². The molecule has 0 spiro atoms. The van der Waals surface area contributed by atoms with Gasteiger partial charge in [-0.2, -0.15) is 5.10 Å². The molecule has 0 amide bonds. The Morgan fingerprint density at radius 2 is 2.00 bits per heavy atom. The van der Waals surface area contributed by atoms with Crippen LogP contribution < -0.4 is 16.5 Å². The molecule has 1 unspecified atom stereocenters. The van der Waals surface area contributed by atoms with Gasteiger partial charge in [-0.25, -0.2) is 4.39 Å². The molecule has 0 radical (unpaired) electrons. The van der Waals surface area contributed by atoms with E-state index in [1.165, 1.54) is 19.1 Å². The van der Waals surface area contributed by atoms with Crippen molar-refractivity contribution in [3.8, 4) is 11.3 Å². The molecule has 8 heteroatoms. The minimum absolute atomic E-state index is 0.176. The van der Waals surface area contributed by atoms with Gasteiger partial charge in [-0.15, -0.1) is 0 Å². The monoisotopic (exact) mass is 381 g/mol. The van der Waals surface area contributed by atoms with Crippen molar-refractivity contribution in [1.82, 2.24) is 15.3 Å². The van der Waals surface area contributed by atoms with Crippen molar-refractivity contribution in [2.45, 2.75) is 13.1 Å². The van der Waals surface area contributed by atoms with E-state index in [2.05, 4.69) is 15.8 Å². The molecule has 0 aliphatic carbocycles. The van der Waals surface area contributed by atoms with Crippen LogP contribution in [-0.2, 0) is 0 Å². The van der Waals surface area contributed by atoms with E-state index in [9.17, 15) is 9.18 Å². The third-order valence-corrected chi connectivity index (χ3v) is 4.60. The molecule has 0 fully saturated rings. The number of hydrogen-bond donors (Lipinski definition) is 3. The molecule has 0 saturated carbocycles. The van der Waals surface area contributed by atoms with E-state index in [4.69, 9.17) is 18.0 Å². The van der Waals surface area contributed by atoms with Crippen molar-refractivity contribution in [3.05, 3.63) is 59.9 Å². The van der Waals surface area contributed by atoms with Gasteiger partial charge >= 0.3 is 0 Å². The Kier molecular flexibility index (Phi) is 4.21. The number of carbonyl (C=O) groups is 1. The molecule has 0 saturated heterocycles. The predicted molar refractivity (Wildman–Crippen MR) is 107 cm³/mol. The van der Waals surface area contributed by atoms with Crippen LogP contribution >= 0.6 is 12.2 Å². The standard InChI is InChI=1S/C19H16FN5OS/c1-10(26)15-13-9-12(20)7-8-14(13)25(16(15)11-5-3-2-4-6-11)18-17(21)22-19(27)24-23-18/h2-9,17H,21H2,1H3,(H2,22,24,27). The van der Waals surface area contributed by atoms with Gasteiger partial charge < -0.3 is 11.1 Å². The fourth-order valence-corrected chi connectivity index (χ4v) is 3.50. The van der Waals surface area contributed by atoms with Crippen LogP contribution in [0.3, 0.4) is 0 Å². The summed E-state index contributed by atoms with van der Waals surface area (Å²) in [6.07, 6.45) is -0.693. The number of thiocarbonyl (C=S) groups is 1. The van der Waals surface area contributed by atoms with Crippen molar-refractivity contribution in [2.75, 3.05) is 0 Å². The smallest absolute Gasteiger partial charge is 0.188 e. The number of aromatic nitrogens is 1. The maximum atomic E-state index is 14.0. The Labute approximate surface area is 159 Å². The SMILES string of the molecule is CC(=O)c1c(-c2ccccc2)n(C2=NNC(=S)NC2N)c2ccc(F)cc12. The molecule has 0 bridgehead atoms. The van der Waals surface area contributed by atoms with Gasteiger partial charge in [0, 0.05) is 5.39 Å². The number of nitrogens with two attached hydrogens (primary N) is 1. The number of nitrogens with zero attached hydrogens (tertiary/aromatic N) is 2. The van der Waals surface area contributed by atoms with E-state index in [0.717, 1.165) is 5.56 Å². The Bertz CT molecular complexity index is 1110. The summed E-state index contributed by atoms with van der Waals surface area (Å²) in [7, 11) is 0. The predicted octanol–water partition coefficient (Wildman–Crippen LogP) is 2.57. The molecular weight excluding hydrogens is 365 g/mol. The number of hydrogen-bond acceptors (Lipinski definition) is 4. The Balaban J connectivity index is 2.14. The highest BCUT2D eigenvalue weighted by Crippen LogP contribution is 2.35. The van der Waals surface area contributed by atoms with Crippen LogP contribution in [0.15, 0.2) is 53.6 Å². The number of Topliss-reactive ketones (excluding diaryl/α,β-unsaturated/α-hetero) is 1. The maximum absolute atomic E-state index is 14.0. The molecule has 2 aromatic carbocycles. The zero-order valence-electron chi connectivity index (χ0n) is 14.4. The van der Waals surface area contributed by atoms with E-state index < -0.39 is 12.0 Å². The first-order valence-electron chi connectivity index (χ1n) is 8.27. The molecule has 1 aromatic heterocycles. The maximum Gasteiger partial charge on any atom is 0.188 e. The van der Waals surface area contributed by atoms with E-state index in [-0.39, 0.29) is 5.78 Å². The van der Waals surface area contributed by atoms with E-state index in [0.29, 0.717) is 33.1 Å². The molecule has 27 heavy (non-hydrogen) atoms. The first kappa shape index (κ1) is 17.3. The highest BCUT2D eigenvalue weighted by atomic mass is 32.1. The number of fused-ring (bicyclic) bond motifs is 1. The Morgan fingerprint density at radius 1 is 1.26 bits per heavy atom. The van der Waals surface area contributed by atoms with Crippen molar-refractivity contribution in [1.29, 1.82) is 0 Å². The molecule has 6 nitrogen and oxygen atoms in total. The van der Waals surface area contributed by atoms with Gasteiger partial charge in [0.15, 0.2) is 16.7 Å². The fourth-order valence-electron chi connectivity index (χ4n) is 3.33. The van der Waals surface area contributed by atoms with Crippen molar-refractivity contribution in [3.63, 3.8) is 0 Å². The number of carbonyl (C=O) groups excluding carboxylic acids is 1. The molecule has 4 N–H and O–H groups in total. The van der Waals surface area contributed by atoms with E-state index in [1.54, 1.807) is 10.6 Å². The fraction of sp³-hybridized carbons (Fsp3) is 0.105. The van der Waals surface area contributed by atoms with Gasteiger partial charge in [0.1, 0.15) is 12.0 Å². The minimum Gasteiger partial charge on any atom is -0.339 e. The summed E-state index contributed by atoms with van der Waals surface area (Å²) in [6.45, 7) is 1.46. The number of rotatable bonds is 2. The highest BCUT2D eigenvalue weighted by Gasteiger charge is 2.28. The van der Waals surface area contributed by atoms with Crippen molar-refractivity contribution < 1.29 is 9.18 Å². The lowest BCUT2D eigenvalue weighted by Gasteiger charge is -2.25. The first-order valence-corrected chi connectivity index (χ1v) is 8.68. The van der Waals surface area contributed by atoms with Crippen LogP contribution in [0.1, 0.15) is 17.3 Å². The van der Waals surface area contributed by atoms with Gasteiger partial charge in [0.2, 0.25) is 0 Å². The average Bonchev–Trinajstić information content (AvgIpc) is 2.96. The summed E-state index contributed by atoms with van der Waals surface area (Å²) in [5.41, 5.74) is 11.4. The molecular formula is C19H16FN5OS. The minimum atomic E-state index is -0.693. The largest absolute Gasteiger partial charge is 0.339 e. The quantitative estimate of drug-likeness (QED) is 0.469. The summed E-state index contributed by atoms with van der Waals surface area (Å²) in [6, 6.07) is 13.7. The van der Waals surface area contributed by atoms with Crippen molar-refractivity contribution >= 4 is 39.9 Å². The number of ketones is 1. The molecule has 2 heterocycles. The van der Waals surface area contributed by atoms with Gasteiger partial charge in [0.05, 0.1) is 16.8 Å². The second kappa shape index (κ2) is 6.57. The number of nitrogens with one attached hydrogen (secondary N) is 2. The van der Waals surface area contributed by atoms with Gasteiger partial charge in [-0.3, -0.25) is 14.8 Å². The summed E-state index contributed by atoms with van der Waals surface area (Å²) in [5, 5.41) is 8.01. The average molecular weight is 381 g/mol. The van der Waals surface area contributed by atoms with Gasteiger partial charge in [-0.1, -0.05) is 30.3 Å². The van der Waals surface area contributed by atoms with Crippen LogP contribution in [0.4, 0.5) is 4.39 Å². The molecule has 1 atom stereocenters. The summed E-state index contributed by atoms with van der Waals surface area (Å²) in [4.78, 5) is 12.5. The van der Waals surface area contributed by atoms with Crippen LogP contribution in [0.25, 0.3) is 22.2 Å². The van der Waals surface area contributed by atoms with Gasteiger partial charge in [0.25, 0.3) is 0 Å². The normalized spacial score (nSPS) is 16.6. The molecule has 1 aliphatic heterocycles. The summed E-state index contributed by atoms with van der Waals surface area (Å²) < 4.78 is 15.7. The van der Waals surface area contributed by atoms with Crippen LogP contribution in [-0.4, -0.2) is 27.5 Å². The zero-order chi connectivity index (χ0) is 19.1. The van der Waals surface area contributed by atoms with Crippen molar-refractivity contribution in [2.24, 2.45) is 10.8 Å². The second-order valence-electron chi connectivity index (χ2n) is 6.18. The van der Waals surface area contributed by atoms with E-state index in [1.807, 2.05) is 30.3 Å². The molecule has 4 rings (SSSR count). The second-order valence-corrected chi connectivity index (χ2v) is 6.58. The first-order chi connectivity index (χ1) is 13.0. The summed E-state index contributed by atoms with van der Waals surface area (Å²) >= 11 is 5.05. The lowest BCUT2D eigenvalue weighted by Crippen LogP contribution is -2.56. The van der Waals surface area contributed by atoms with Crippen LogP contribution in [0, 0.1) is 5.82 Å². The number of hydrazone groups is 1. The Morgan fingerprint density at radius 3 is 2.67 bits per heavy atom.